The van der Waals surface area contributed by atoms with Crippen LogP contribution in [0.5, 0.6) is 0 Å². The van der Waals surface area contributed by atoms with Crippen LogP contribution in [0.2, 0.25) is 0 Å². The number of aromatic amines is 1. The monoisotopic (exact) mass is 475 g/mol. The van der Waals surface area contributed by atoms with Gasteiger partial charge in [0.05, 0.1) is 23.2 Å². The summed E-state index contributed by atoms with van der Waals surface area (Å²) in [4.78, 5) is 12.6. The highest BCUT2D eigenvalue weighted by Crippen LogP contribution is 2.32. The SMILES string of the molecule is Cc1cc(-c2ncccc2-c2ccn3cnc(C[C@@H](N)Cc4c[nH]c5ccccc45)c3c2)ccc1F. The van der Waals surface area contributed by atoms with Crippen molar-refractivity contribution in [2.24, 2.45) is 5.73 Å². The summed E-state index contributed by atoms with van der Waals surface area (Å²) in [6, 6.07) is 21.5. The van der Waals surface area contributed by atoms with Gasteiger partial charge in [-0.15, -0.1) is 0 Å². The smallest absolute Gasteiger partial charge is 0.126 e. The molecule has 6 heteroatoms. The molecule has 0 spiro atoms. The Morgan fingerprint density at radius 3 is 2.75 bits per heavy atom. The van der Waals surface area contributed by atoms with Crippen molar-refractivity contribution in [3.8, 4) is 22.4 Å². The fraction of sp³-hybridized carbons (Fsp3) is 0.133. The number of aryl methyl sites for hydroxylation is 1. The quantitative estimate of drug-likeness (QED) is 0.306. The molecular weight excluding hydrogens is 449 g/mol. The first-order valence-corrected chi connectivity index (χ1v) is 12.0. The van der Waals surface area contributed by atoms with Gasteiger partial charge in [-0.05, 0) is 72.5 Å². The van der Waals surface area contributed by atoms with Crippen LogP contribution in [0.1, 0.15) is 16.8 Å². The molecule has 5 nitrogen and oxygen atoms in total. The lowest BCUT2D eigenvalue weighted by molar-refractivity contribution is 0.619. The largest absolute Gasteiger partial charge is 0.361 e. The van der Waals surface area contributed by atoms with Gasteiger partial charge >= 0.3 is 0 Å². The fourth-order valence-electron chi connectivity index (χ4n) is 4.93. The summed E-state index contributed by atoms with van der Waals surface area (Å²) >= 11 is 0. The number of nitrogens with one attached hydrogen (secondary N) is 1. The van der Waals surface area contributed by atoms with Gasteiger partial charge in [-0.1, -0.05) is 24.3 Å². The predicted octanol–water partition coefficient (Wildman–Crippen LogP) is 6.10. The molecule has 0 fully saturated rings. The molecule has 0 aliphatic rings. The lowest BCUT2D eigenvalue weighted by Crippen LogP contribution is -2.25. The van der Waals surface area contributed by atoms with Crippen molar-refractivity contribution in [2.45, 2.75) is 25.8 Å². The van der Waals surface area contributed by atoms with Gasteiger partial charge in [-0.25, -0.2) is 9.37 Å². The van der Waals surface area contributed by atoms with E-state index in [0.29, 0.717) is 12.0 Å². The third-order valence-corrected chi connectivity index (χ3v) is 6.78. The third kappa shape index (κ3) is 4.06. The summed E-state index contributed by atoms with van der Waals surface area (Å²) in [7, 11) is 0. The molecular formula is C30H26FN5. The highest BCUT2D eigenvalue weighted by molar-refractivity contribution is 5.84. The lowest BCUT2D eigenvalue weighted by atomic mass is 9.98. The van der Waals surface area contributed by atoms with E-state index in [1.54, 1.807) is 19.2 Å². The van der Waals surface area contributed by atoms with Crippen LogP contribution in [0.25, 0.3) is 38.8 Å². The molecule has 0 bridgehead atoms. The van der Waals surface area contributed by atoms with Gasteiger partial charge in [0, 0.05) is 53.1 Å². The summed E-state index contributed by atoms with van der Waals surface area (Å²) in [6.07, 6.45) is 9.09. The second-order valence-electron chi connectivity index (χ2n) is 9.29. The molecule has 0 unspecified atom stereocenters. The van der Waals surface area contributed by atoms with Crippen molar-refractivity contribution >= 4 is 16.4 Å². The first-order valence-electron chi connectivity index (χ1n) is 12.0. The Hall–Kier alpha value is -4.29. The van der Waals surface area contributed by atoms with E-state index in [-0.39, 0.29) is 11.9 Å². The number of para-hydroxylation sites is 1. The van der Waals surface area contributed by atoms with Crippen LogP contribution in [0.3, 0.4) is 0 Å². The Kier molecular flexibility index (Phi) is 5.58. The number of benzene rings is 2. The van der Waals surface area contributed by atoms with Crippen LogP contribution in [0.15, 0.2) is 91.6 Å². The van der Waals surface area contributed by atoms with E-state index in [4.69, 9.17) is 5.73 Å². The molecule has 0 saturated carbocycles. The van der Waals surface area contributed by atoms with Crippen molar-refractivity contribution in [3.05, 3.63) is 114 Å². The van der Waals surface area contributed by atoms with Crippen LogP contribution in [0.4, 0.5) is 4.39 Å². The minimum absolute atomic E-state index is 0.0669. The summed E-state index contributed by atoms with van der Waals surface area (Å²) in [6.45, 7) is 1.77. The van der Waals surface area contributed by atoms with Crippen molar-refractivity contribution < 1.29 is 4.39 Å². The Morgan fingerprint density at radius 1 is 0.972 bits per heavy atom. The van der Waals surface area contributed by atoms with E-state index in [0.717, 1.165) is 45.5 Å². The number of pyridine rings is 2. The molecule has 6 rings (SSSR count). The van der Waals surface area contributed by atoms with E-state index < -0.39 is 0 Å². The van der Waals surface area contributed by atoms with Gasteiger partial charge in [0.25, 0.3) is 0 Å². The number of nitrogens with zero attached hydrogens (tertiary/aromatic N) is 3. The number of rotatable bonds is 6. The lowest BCUT2D eigenvalue weighted by Gasteiger charge is -2.12. The molecule has 6 aromatic rings. The molecule has 0 aliphatic heterocycles. The topological polar surface area (TPSA) is 72.0 Å². The number of aromatic nitrogens is 4. The Bertz CT molecular complexity index is 1700. The molecule has 0 radical (unpaired) electrons. The molecule has 1 atom stereocenters. The Morgan fingerprint density at radius 2 is 1.86 bits per heavy atom. The molecule has 3 N–H and O–H groups in total. The van der Waals surface area contributed by atoms with E-state index in [1.807, 2.05) is 41.2 Å². The van der Waals surface area contributed by atoms with Gasteiger partial charge < -0.3 is 15.1 Å². The Balaban J connectivity index is 1.32. The summed E-state index contributed by atoms with van der Waals surface area (Å²) < 4.78 is 15.9. The number of hydrogen-bond acceptors (Lipinski definition) is 3. The minimum Gasteiger partial charge on any atom is -0.361 e. The van der Waals surface area contributed by atoms with E-state index in [1.165, 1.54) is 17.0 Å². The second-order valence-corrected chi connectivity index (χ2v) is 9.29. The molecule has 2 aromatic carbocycles. The molecule has 4 aromatic heterocycles. The average Bonchev–Trinajstić information content (AvgIpc) is 3.49. The van der Waals surface area contributed by atoms with Crippen LogP contribution < -0.4 is 5.73 Å². The summed E-state index contributed by atoms with van der Waals surface area (Å²) in [5.41, 5.74) is 15.3. The minimum atomic E-state index is -0.217. The fourth-order valence-corrected chi connectivity index (χ4v) is 4.93. The van der Waals surface area contributed by atoms with E-state index in [2.05, 4.69) is 51.5 Å². The first-order chi connectivity index (χ1) is 17.6. The van der Waals surface area contributed by atoms with Gasteiger partial charge in [0.15, 0.2) is 0 Å². The van der Waals surface area contributed by atoms with Gasteiger partial charge in [0.1, 0.15) is 5.82 Å². The normalized spacial score (nSPS) is 12.4. The van der Waals surface area contributed by atoms with Crippen LogP contribution >= 0.6 is 0 Å². The second kappa shape index (κ2) is 9.06. The maximum absolute atomic E-state index is 13.9. The van der Waals surface area contributed by atoms with Crippen molar-refractivity contribution in [2.75, 3.05) is 0 Å². The van der Waals surface area contributed by atoms with E-state index >= 15 is 0 Å². The molecule has 36 heavy (non-hydrogen) atoms. The third-order valence-electron chi connectivity index (χ3n) is 6.78. The molecule has 4 heterocycles. The molecule has 0 amide bonds. The highest BCUT2D eigenvalue weighted by Gasteiger charge is 2.15. The molecule has 178 valence electrons. The van der Waals surface area contributed by atoms with E-state index in [9.17, 15) is 4.39 Å². The summed E-state index contributed by atoms with van der Waals surface area (Å²) in [5, 5.41) is 1.21. The molecule has 0 saturated heterocycles. The maximum atomic E-state index is 13.9. The zero-order valence-corrected chi connectivity index (χ0v) is 19.9. The van der Waals surface area contributed by atoms with Gasteiger partial charge in [-0.3, -0.25) is 4.98 Å². The van der Waals surface area contributed by atoms with Crippen molar-refractivity contribution in [1.29, 1.82) is 0 Å². The zero-order chi connectivity index (χ0) is 24.6. The highest BCUT2D eigenvalue weighted by atomic mass is 19.1. The number of nitrogens with two attached hydrogens (primary N) is 1. The summed E-state index contributed by atoms with van der Waals surface area (Å²) in [5.74, 6) is -0.217. The maximum Gasteiger partial charge on any atom is 0.126 e. The predicted molar refractivity (Wildman–Crippen MR) is 142 cm³/mol. The Labute approximate surface area is 208 Å². The number of imidazole rings is 1. The van der Waals surface area contributed by atoms with Crippen LogP contribution in [-0.4, -0.2) is 25.4 Å². The van der Waals surface area contributed by atoms with Crippen LogP contribution in [-0.2, 0) is 12.8 Å². The first kappa shape index (κ1) is 22.2. The zero-order valence-electron chi connectivity index (χ0n) is 19.9. The number of halogens is 1. The molecule has 0 aliphatic carbocycles. The average molecular weight is 476 g/mol. The van der Waals surface area contributed by atoms with Gasteiger partial charge in [-0.2, -0.15) is 0 Å². The number of hydrogen-bond donors (Lipinski definition) is 2. The van der Waals surface area contributed by atoms with Crippen molar-refractivity contribution in [3.63, 3.8) is 0 Å². The number of H-pyrrole nitrogens is 1. The standard InChI is InChI=1S/C30H26FN5/c1-19-13-21(8-9-26(19)31)30-25(6-4-11-33-30)20-10-12-36-18-35-28(29(36)15-20)16-23(32)14-22-17-34-27-7-3-2-5-24(22)27/h2-13,15,17-18,23,34H,14,16,32H2,1H3/t23-/m0/s1. The van der Waals surface area contributed by atoms with Crippen LogP contribution in [0, 0.1) is 12.7 Å². The van der Waals surface area contributed by atoms with Gasteiger partial charge in [0.2, 0.25) is 0 Å². The van der Waals surface area contributed by atoms with Crippen molar-refractivity contribution in [1.82, 2.24) is 19.4 Å². The number of fused-ring (bicyclic) bond motifs is 2.